The Bertz CT molecular complexity index is 1070. The summed E-state index contributed by atoms with van der Waals surface area (Å²) in [6, 6.07) is 8.09. The largest absolute Gasteiger partial charge is 0.497 e. The van der Waals surface area contributed by atoms with E-state index in [1.165, 1.54) is 29.5 Å². The molecule has 8 heteroatoms. The molecular formula is C24H32N4O4. The van der Waals surface area contributed by atoms with Crippen LogP contribution in [0.25, 0.3) is 0 Å². The van der Waals surface area contributed by atoms with E-state index in [-0.39, 0.29) is 6.61 Å². The Kier molecular flexibility index (Phi) is 5.90. The van der Waals surface area contributed by atoms with Crippen molar-refractivity contribution in [3.63, 3.8) is 0 Å². The Balaban J connectivity index is 1.29. The van der Waals surface area contributed by atoms with E-state index in [1.54, 1.807) is 11.7 Å². The second-order valence-electron chi connectivity index (χ2n) is 9.58. The highest BCUT2D eigenvalue weighted by Gasteiger charge is 2.43. The lowest BCUT2D eigenvalue weighted by Gasteiger charge is -2.35. The van der Waals surface area contributed by atoms with Crippen molar-refractivity contribution < 1.29 is 9.47 Å². The van der Waals surface area contributed by atoms with Gasteiger partial charge in [-0.05, 0) is 42.9 Å². The predicted octanol–water partition coefficient (Wildman–Crippen LogP) is 2.17. The van der Waals surface area contributed by atoms with Gasteiger partial charge in [-0.1, -0.05) is 31.4 Å². The Hall–Kier alpha value is -2.45. The third-order valence-electron chi connectivity index (χ3n) is 7.28. The van der Waals surface area contributed by atoms with Crippen molar-refractivity contribution in [3.05, 3.63) is 56.4 Å². The summed E-state index contributed by atoms with van der Waals surface area (Å²) >= 11 is 0. The van der Waals surface area contributed by atoms with Crippen LogP contribution in [0.5, 0.6) is 5.75 Å². The maximum absolute atomic E-state index is 13.0. The fourth-order valence-corrected chi connectivity index (χ4v) is 5.44. The molecule has 2 fully saturated rings. The molecule has 0 N–H and O–H groups in total. The zero-order chi connectivity index (χ0) is 22.1. The summed E-state index contributed by atoms with van der Waals surface area (Å²) in [4.78, 5) is 28.1. The van der Waals surface area contributed by atoms with Crippen LogP contribution in [0.15, 0.2) is 33.9 Å². The lowest BCUT2D eigenvalue weighted by Crippen LogP contribution is -2.53. The normalized spacial score (nSPS) is 24.0. The molecular weight excluding hydrogens is 408 g/mol. The molecule has 3 aliphatic rings. The summed E-state index contributed by atoms with van der Waals surface area (Å²) < 4.78 is 14.5. The quantitative estimate of drug-likeness (QED) is 0.663. The van der Waals surface area contributed by atoms with Gasteiger partial charge in [-0.25, -0.2) is 4.68 Å². The van der Waals surface area contributed by atoms with E-state index < -0.39 is 16.7 Å². The minimum absolute atomic E-state index is 0.274. The first-order chi connectivity index (χ1) is 15.5. The molecule has 172 valence electrons. The minimum atomic E-state index is -0.496. The molecule has 0 amide bonds. The van der Waals surface area contributed by atoms with Crippen LogP contribution in [-0.4, -0.2) is 45.0 Å². The summed E-state index contributed by atoms with van der Waals surface area (Å²) in [6.07, 6.45) is 6.70. The van der Waals surface area contributed by atoms with Crippen LogP contribution in [0, 0.1) is 5.92 Å². The minimum Gasteiger partial charge on any atom is -0.497 e. The molecule has 1 aromatic heterocycles. The van der Waals surface area contributed by atoms with E-state index in [4.69, 9.17) is 9.47 Å². The molecule has 1 spiro atoms. The van der Waals surface area contributed by atoms with Gasteiger partial charge < -0.3 is 9.47 Å². The fourth-order valence-electron chi connectivity index (χ4n) is 5.44. The van der Waals surface area contributed by atoms with Crippen molar-refractivity contribution >= 4 is 0 Å². The topological polar surface area (TPSA) is 78.6 Å². The second kappa shape index (κ2) is 8.83. The summed E-state index contributed by atoms with van der Waals surface area (Å²) in [5.74, 6) is 1.86. The molecule has 0 radical (unpaired) electrons. The van der Waals surface area contributed by atoms with E-state index in [0.29, 0.717) is 24.8 Å². The molecule has 1 aliphatic carbocycles. The number of ether oxygens (including phenoxy) is 2. The number of methoxy groups -OCH3 is 1. The zero-order valence-corrected chi connectivity index (χ0v) is 18.8. The van der Waals surface area contributed by atoms with Crippen LogP contribution in [0.1, 0.15) is 49.9 Å². The molecule has 1 aromatic carbocycles. The summed E-state index contributed by atoms with van der Waals surface area (Å²) in [5, 5.41) is 4.54. The maximum Gasteiger partial charge on any atom is 0.332 e. The molecule has 1 atom stereocenters. The smallest absolute Gasteiger partial charge is 0.332 e. The molecule has 0 unspecified atom stereocenters. The summed E-state index contributed by atoms with van der Waals surface area (Å²) in [5.41, 5.74) is -0.178. The van der Waals surface area contributed by atoms with E-state index in [9.17, 15) is 9.59 Å². The first-order valence-corrected chi connectivity index (χ1v) is 11.8. The lowest BCUT2D eigenvalue weighted by molar-refractivity contribution is -0.0860. The molecule has 5 rings (SSSR count). The van der Waals surface area contributed by atoms with Gasteiger partial charge in [-0.15, -0.1) is 0 Å². The third-order valence-corrected chi connectivity index (χ3v) is 7.28. The van der Waals surface area contributed by atoms with Crippen LogP contribution < -0.4 is 15.9 Å². The number of hydrogen-bond donors (Lipinski definition) is 0. The Morgan fingerprint density at radius 3 is 2.62 bits per heavy atom. The molecule has 1 saturated carbocycles. The second-order valence-corrected chi connectivity index (χ2v) is 9.58. The molecule has 3 heterocycles. The van der Waals surface area contributed by atoms with Crippen molar-refractivity contribution in [2.24, 2.45) is 5.92 Å². The highest BCUT2D eigenvalue weighted by atomic mass is 16.5. The number of rotatable bonds is 5. The summed E-state index contributed by atoms with van der Waals surface area (Å²) in [7, 11) is 1.67. The zero-order valence-electron chi connectivity index (χ0n) is 18.8. The van der Waals surface area contributed by atoms with Crippen molar-refractivity contribution in [2.75, 3.05) is 20.2 Å². The summed E-state index contributed by atoms with van der Waals surface area (Å²) in [6.45, 7) is 3.66. The van der Waals surface area contributed by atoms with Gasteiger partial charge in [0.2, 0.25) is 0 Å². The maximum atomic E-state index is 13.0. The molecule has 2 aromatic rings. The number of benzene rings is 1. The van der Waals surface area contributed by atoms with E-state index in [2.05, 4.69) is 22.1 Å². The molecule has 2 aliphatic heterocycles. The van der Waals surface area contributed by atoms with Crippen LogP contribution in [0.4, 0.5) is 0 Å². The molecule has 32 heavy (non-hydrogen) atoms. The van der Waals surface area contributed by atoms with Crippen LogP contribution in [-0.2, 0) is 31.0 Å². The van der Waals surface area contributed by atoms with E-state index in [1.807, 2.05) is 12.1 Å². The molecule has 8 nitrogen and oxygen atoms in total. The van der Waals surface area contributed by atoms with E-state index in [0.717, 1.165) is 44.6 Å². The van der Waals surface area contributed by atoms with Gasteiger partial charge in [0.25, 0.3) is 0 Å². The van der Waals surface area contributed by atoms with Crippen LogP contribution >= 0.6 is 0 Å². The van der Waals surface area contributed by atoms with Gasteiger partial charge in [0, 0.05) is 26.2 Å². The van der Waals surface area contributed by atoms with Gasteiger partial charge in [0.1, 0.15) is 18.0 Å². The van der Waals surface area contributed by atoms with Gasteiger partial charge in [-0.3, -0.25) is 19.1 Å². The Labute approximate surface area is 187 Å². The molecule has 0 bridgehead atoms. The van der Waals surface area contributed by atoms with Gasteiger partial charge in [0.15, 0.2) is 5.82 Å². The number of hydrogen-bond acceptors (Lipinski definition) is 6. The highest BCUT2D eigenvalue weighted by Crippen LogP contribution is 2.32. The van der Waals surface area contributed by atoms with Crippen LogP contribution in [0.3, 0.4) is 0 Å². The highest BCUT2D eigenvalue weighted by molar-refractivity contribution is 5.27. The lowest BCUT2D eigenvalue weighted by atomic mass is 9.89. The van der Waals surface area contributed by atoms with Crippen molar-refractivity contribution in [1.29, 1.82) is 0 Å². The van der Waals surface area contributed by atoms with E-state index >= 15 is 0 Å². The average Bonchev–Trinajstić information content (AvgIpc) is 3.21. The van der Waals surface area contributed by atoms with Crippen molar-refractivity contribution in [2.45, 2.75) is 70.4 Å². The van der Waals surface area contributed by atoms with Crippen molar-refractivity contribution in [3.8, 4) is 5.75 Å². The third kappa shape index (κ3) is 4.26. The Morgan fingerprint density at radius 2 is 1.88 bits per heavy atom. The SMILES string of the molecule is COc1ccc(CN2CC[C@]3(C2)Cn2c(nn(CC4CCCCC4)c(=O)c2=O)CO3)cc1. The first kappa shape index (κ1) is 21.4. The standard InChI is InChI=1S/C24H32N4O4/c1-31-20-9-7-19(8-10-20)13-26-12-11-24(16-26)17-27-21(15-32-24)25-28(23(30)22(27)29)14-18-5-3-2-4-6-18/h7-10,18H,2-6,11-17H2,1H3/t24-/m0/s1. The van der Waals surface area contributed by atoms with Gasteiger partial charge >= 0.3 is 11.1 Å². The van der Waals surface area contributed by atoms with Crippen LogP contribution in [0.2, 0.25) is 0 Å². The average molecular weight is 441 g/mol. The monoisotopic (exact) mass is 440 g/mol. The number of aromatic nitrogens is 3. The predicted molar refractivity (Wildman–Crippen MR) is 120 cm³/mol. The number of nitrogens with zero attached hydrogens (tertiary/aromatic N) is 4. The number of likely N-dealkylation sites (tertiary alicyclic amines) is 1. The van der Waals surface area contributed by atoms with Gasteiger partial charge in [0.05, 0.1) is 13.7 Å². The van der Waals surface area contributed by atoms with Crippen molar-refractivity contribution in [1.82, 2.24) is 19.2 Å². The molecule has 1 saturated heterocycles. The fraction of sp³-hybridized carbons (Fsp3) is 0.625. The van der Waals surface area contributed by atoms with Gasteiger partial charge in [-0.2, -0.15) is 5.10 Å². The first-order valence-electron chi connectivity index (χ1n) is 11.8. The number of fused-ring (bicyclic) bond motifs is 1. The Morgan fingerprint density at radius 1 is 1.09 bits per heavy atom.